The molecule has 1 nitrogen and oxygen atoms in total. The lowest BCUT2D eigenvalue weighted by atomic mass is 9.97. The van der Waals surface area contributed by atoms with Crippen LogP contribution >= 0.6 is 24.0 Å². The number of rotatable bonds is 2. The summed E-state index contributed by atoms with van der Waals surface area (Å²) >= 11 is 5.58. The van der Waals surface area contributed by atoms with E-state index in [-0.39, 0.29) is 28.6 Å². The van der Waals surface area contributed by atoms with Gasteiger partial charge in [0.1, 0.15) is 6.04 Å². The highest BCUT2D eigenvalue weighted by Gasteiger charge is 2.61. The summed E-state index contributed by atoms with van der Waals surface area (Å²) in [5.41, 5.74) is 4.90. The minimum atomic E-state index is -5.68. The number of nitrogens with two attached hydrogens (primary N) is 1. The molecule has 1 atom stereocenters. The van der Waals surface area contributed by atoms with Crippen LogP contribution in [-0.2, 0) is 0 Å². The molecule has 0 aliphatic rings. The first-order valence-corrected chi connectivity index (χ1v) is 4.91. The fraction of sp³-hybridized carbons (Fsp3) is 0.400. The normalized spacial score (nSPS) is 14.0. The Balaban J connectivity index is 0.00000289. The van der Waals surface area contributed by atoms with E-state index in [1.54, 1.807) is 0 Å². The van der Waals surface area contributed by atoms with E-state index in [1.165, 1.54) is 19.1 Å². The number of benzene rings is 1. The van der Waals surface area contributed by atoms with Crippen LogP contribution in [0.25, 0.3) is 0 Å². The highest BCUT2D eigenvalue weighted by Crippen LogP contribution is 2.44. The van der Waals surface area contributed by atoms with Crippen LogP contribution in [0.4, 0.5) is 22.0 Å². The van der Waals surface area contributed by atoms with Crippen molar-refractivity contribution < 1.29 is 22.0 Å². The first-order chi connectivity index (χ1) is 7.57. The van der Waals surface area contributed by atoms with Crippen molar-refractivity contribution in [2.45, 2.75) is 25.1 Å². The molecule has 0 spiro atoms. The van der Waals surface area contributed by atoms with Crippen molar-refractivity contribution in [3.63, 3.8) is 0 Å². The molecule has 1 aromatic rings. The molecular formula is C10H10Cl2F5N. The Labute approximate surface area is 112 Å². The highest BCUT2D eigenvalue weighted by molar-refractivity contribution is 6.30. The van der Waals surface area contributed by atoms with Gasteiger partial charge in [0.15, 0.2) is 0 Å². The van der Waals surface area contributed by atoms with Crippen LogP contribution in [0, 0.1) is 6.92 Å². The van der Waals surface area contributed by atoms with Gasteiger partial charge in [-0.25, -0.2) is 0 Å². The van der Waals surface area contributed by atoms with Crippen molar-refractivity contribution >= 4 is 24.0 Å². The zero-order valence-corrected chi connectivity index (χ0v) is 10.6. The predicted octanol–water partition coefficient (Wildman–Crippen LogP) is 4.27. The third kappa shape index (κ3) is 3.24. The number of halogens is 7. The molecule has 0 aliphatic carbocycles. The summed E-state index contributed by atoms with van der Waals surface area (Å²) in [6.07, 6.45) is -5.68. The molecule has 2 N–H and O–H groups in total. The maximum Gasteiger partial charge on any atom is 0.455 e. The molecule has 1 aromatic carbocycles. The van der Waals surface area contributed by atoms with Gasteiger partial charge in [-0.3, -0.25) is 0 Å². The van der Waals surface area contributed by atoms with Gasteiger partial charge in [-0.1, -0.05) is 17.7 Å². The van der Waals surface area contributed by atoms with E-state index in [4.69, 9.17) is 17.3 Å². The van der Waals surface area contributed by atoms with E-state index in [2.05, 4.69) is 0 Å². The Morgan fingerprint density at radius 1 is 1.17 bits per heavy atom. The second-order valence-corrected chi connectivity index (χ2v) is 4.04. The third-order valence-electron chi connectivity index (χ3n) is 2.34. The van der Waals surface area contributed by atoms with Crippen LogP contribution in [0.1, 0.15) is 17.2 Å². The van der Waals surface area contributed by atoms with Crippen molar-refractivity contribution in [3.8, 4) is 0 Å². The van der Waals surface area contributed by atoms with Gasteiger partial charge < -0.3 is 5.73 Å². The molecular weight excluding hydrogens is 300 g/mol. The van der Waals surface area contributed by atoms with Crippen LogP contribution in [0.2, 0.25) is 5.02 Å². The number of aryl methyl sites for hydroxylation is 1. The van der Waals surface area contributed by atoms with Crippen molar-refractivity contribution in [2.75, 3.05) is 0 Å². The second kappa shape index (κ2) is 5.59. The Morgan fingerprint density at radius 3 is 2.06 bits per heavy atom. The smallest absolute Gasteiger partial charge is 0.319 e. The largest absolute Gasteiger partial charge is 0.455 e. The van der Waals surface area contributed by atoms with Crippen LogP contribution in [0.15, 0.2) is 18.2 Å². The molecule has 8 heteroatoms. The Hall–Kier alpha value is -0.590. The van der Waals surface area contributed by atoms with Gasteiger partial charge in [-0.15, -0.1) is 12.4 Å². The monoisotopic (exact) mass is 309 g/mol. The van der Waals surface area contributed by atoms with Gasteiger partial charge in [-0.2, -0.15) is 22.0 Å². The number of hydrogen-bond acceptors (Lipinski definition) is 1. The minimum Gasteiger partial charge on any atom is -0.319 e. The fourth-order valence-electron chi connectivity index (χ4n) is 1.36. The second-order valence-electron chi connectivity index (χ2n) is 3.60. The maximum atomic E-state index is 13.0. The standard InChI is InChI=1S/C10H9ClF5N.ClH/c1-5-4-6(11)2-3-7(5)8(17)9(12,13)10(14,15)16;/h2-4,8H,17H2,1H3;1H/t8-;/m0./s1. The molecule has 0 aromatic heterocycles. The van der Waals surface area contributed by atoms with E-state index >= 15 is 0 Å². The first kappa shape index (κ1) is 17.4. The van der Waals surface area contributed by atoms with Crippen LogP contribution in [-0.4, -0.2) is 12.1 Å². The zero-order chi connectivity index (χ0) is 13.4. The molecule has 18 heavy (non-hydrogen) atoms. The molecule has 0 fully saturated rings. The average molecular weight is 310 g/mol. The molecule has 104 valence electrons. The Morgan fingerprint density at radius 2 is 1.67 bits per heavy atom. The molecule has 1 rings (SSSR count). The SMILES string of the molecule is Cc1cc(Cl)ccc1[C@H](N)C(F)(F)C(F)(F)F.Cl. The zero-order valence-electron chi connectivity index (χ0n) is 9.06. The van der Waals surface area contributed by atoms with Gasteiger partial charge in [-0.05, 0) is 30.2 Å². The minimum absolute atomic E-state index is 0. The highest BCUT2D eigenvalue weighted by atomic mass is 35.5. The van der Waals surface area contributed by atoms with Crippen LogP contribution < -0.4 is 5.73 Å². The Kier molecular flexibility index (Phi) is 5.40. The van der Waals surface area contributed by atoms with Crippen molar-refractivity contribution in [2.24, 2.45) is 5.73 Å². The van der Waals surface area contributed by atoms with E-state index in [0.29, 0.717) is 0 Å². The average Bonchev–Trinajstić information content (AvgIpc) is 2.14. The summed E-state index contributed by atoms with van der Waals surface area (Å²) in [5, 5.41) is 0.244. The van der Waals surface area contributed by atoms with Crippen molar-refractivity contribution in [3.05, 3.63) is 34.3 Å². The molecule has 0 bridgehead atoms. The van der Waals surface area contributed by atoms with Gasteiger partial charge >= 0.3 is 12.1 Å². The van der Waals surface area contributed by atoms with E-state index in [0.717, 1.165) is 6.07 Å². The summed E-state index contributed by atoms with van der Waals surface area (Å²) in [4.78, 5) is 0. The molecule has 0 heterocycles. The topological polar surface area (TPSA) is 26.0 Å². The van der Waals surface area contributed by atoms with Gasteiger partial charge in [0, 0.05) is 5.02 Å². The third-order valence-corrected chi connectivity index (χ3v) is 2.57. The first-order valence-electron chi connectivity index (χ1n) is 4.53. The number of hydrogen-bond donors (Lipinski definition) is 1. The van der Waals surface area contributed by atoms with E-state index in [1.807, 2.05) is 0 Å². The molecule has 0 amide bonds. The van der Waals surface area contributed by atoms with Crippen LogP contribution in [0.3, 0.4) is 0 Å². The van der Waals surface area contributed by atoms with Crippen molar-refractivity contribution in [1.82, 2.24) is 0 Å². The van der Waals surface area contributed by atoms with Crippen LogP contribution in [0.5, 0.6) is 0 Å². The van der Waals surface area contributed by atoms with Gasteiger partial charge in [0.25, 0.3) is 0 Å². The summed E-state index contributed by atoms with van der Waals surface area (Å²) in [5.74, 6) is -4.98. The summed E-state index contributed by atoms with van der Waals surface area (Å²) in [7, 11) is 0. The summed E-state index contributed by atoms with van der Waals surface area (Å²) in [6.45, 7) is 1.37. The maximum absolute atomic E-state index is 13.0. The number of alkyl halides is 5. The lowest BCUT2D eigenvalue weighted by Gasteiger charge is -2.26. The summed E-state index contributed by atoms with van der Waals surface area (Å²) < 4.78 is 62.4. The quantitative estimate of drug-likeness (QED) is 0.811. The lowest BCUT2D eigenvalue weighted by Crippen LogP contribution is -2.46. The molecule has 0 radical (unpaired) electrons. The van der Waals surface area contributed by atoms with E-state index in [9.17, 15) is 22.0 Å². The summed E-state index contributed by atoms with van der Waals surface area (Å²) in [6, 6.07) is 1.13. The molecule has 0 saturated heterocycles. The lowest BCUT2D eigenvalue weighted by molar-refractivity contribution is -0.291. The molecule has 0 unspecified atom stereocenters. The molecule has 0 aliphatic heterocycles. The van der Waals surface area contributed by atoms with Gasteiger partial charge in [0.05, 0.1) is 0 Å². The molecule has 0 saturated carbocycles. The van der Waals surface area contributed by atoms with E-state index < -0.39 is 18.1 Å². The van der Waals surface area contributed by atoms with Gasteiger partial charge in [0.2, 0.25) is 0 Å². The fourth-order valence-corrected chi connectivity index (χ4v) is 1.59. The predicted molar refractivity (Wildman–Crippen MR) is 61.4 cm³/mol. The Bertz CT molecular complexity index is 419. The van der Waals surface area contributed by atoms with Crippen molar-refractivity contribution in [1.29, 1.82) is 0 Å².